The Morgan fingerprint density at radius 2 is 2.00 bits per heavy atom. The van der Waals surface area contributed by atoms with Gasteiger partial charge in [0.25, 0.3) is 0 Å². The predicted molar refractivity (Wildman–Crippen MR) is 89.3 cm³/mol. The topological polar surface area (TPSA) is 80.3 Å². The molecule has 0 spiro atoms. The van der Waals surface area contributed by atoms with E-state index in [4.69, 9.17) is 14.2 Å². The minimum absolute atomic E-state index is 0.195. The second-order valence-electron chi connectivity index (χ2n) is 6.14. The molecule has 1 aromatic rings. The Kier molecular flexibility index (Phi) is 5.10. The molecule has 1 unspecified atom stereocenters. The van der Waals surface area contributed by atoms with E-state index in [-0.39, 0.29) is 6.04 Å². The number of amides is 1. The van der Waals surface area contributed by atoms with Crippen LogP contribution in [0.4, 0.5) is 0 Å². The van der Waals surface area contributed by atoms with Crippen LogP contribution in [0.5, 0.6) is 11.5 Å². The maximum absolute atomic E-state index is 12.3. The zero-order chi connectivity index (χ0) is 18.0. The van der Waals surface area contributed by atoms with Gasteiger partial charge in [0.15, 0.2) is 6.23 Å². The van der Waals surface area contributed by atoms with Gasteiger partial charge in [-0.1, -0.05) is 0 Å². The molecule has 136 valence electrons. The van der Waals surface area contributed by atoms with E-state index in [2.05, 4.69) is 10.3 Å². The summed E-state index contributed by atoms with van der Waals surface area (Å²) >= 11 is 0. The van der Waals surface area contributed by atoms with Crippen LogP contribution in [0.2, 0.25) is 0 Å². The van der Waals surface area contributed by atoms with Gasteiger partial charge in [-0.3, -0.25) is 4.79 Å². The SMILES string of the molecule is COc1cc(OC)c2c(c1)C(N(C)N1CCC(NC=O)CC1)OC2=O. The van der Waals surface area contributed by atoms with Crippen LogP contribution < -0.4 is 14.8 Å². The first-order valence-electron chi connectivity index (χ1n) is 8.23. The van der Waals surface area contributed by atoms with Gasteiger partial charge in [-0.25, -0.2) is 14.8 Å². The number of carbonyl (C=O) groups is 2. The highest BCUT2D eigenvalue weighted by atomic mass is 16.6. The number of hydrogen-bond donors (Lipinski definition) is 1. The Morgan fingerprint density at radius 3 is 2.60 bits per heavy atom. The third-order valence-electron chi connectivity index (χ3n) is 4.81. The Bertz CT molecular complexity index is 658. The number of nitrogens with zero attached hydrogens (tertiary/aromatic N) is 2. The van der Waals surface area contributed by atoms with E-state index in [0.29, 0.717) is 17.1 Å². The fourth-order valence-corrected chi connectivity index (χ4v) is 3.40. The molecule has 25 heavy (non-hydrogen) atoms. The first kappa shape index (κ1) is 17.5. The number of hydrazine groups is 1. The molecule has 0 bridgehead atoms. The maximum atomic E-state index is 12.3. The van der Waals surface area contributed by atoms with E-state index >= 15 is 0 Å². The third kappa shape index (κ3) is 3.27. The van der Waals surface area contributed by atoms with Crippen molar-refractivity contribution >= 4 is 12.4 Å². The summed E-state index contributed by atoms with van der Waals surface area (Å²) in [7, 11) is 4.99. The Morgan fingerprint density at radius 1 is 1.28 bits per heavy atom. The summed E-state index contributed by atoms with van der Waals surface area (Å²) in [6.45, 7) is 1.54. The van der Waals surface area contributed by atoms with E-state index in [1.807, 2.05) is 18.1 Å². The van der Waals surface area contributed by atoms with E-state index in [0.717, 1.165) is 37.9 Å². The van der Waals surface area contributed by atoms with Gasteiger partial charge in [-0.05, 0) is 18.9 Å². The van der Waals surface area contributed by atoms with Gasteiger partial charge in [0.1, 0.15) is 17.1 Å². The molecule has 2 aliphatic rings. The summed E-state index contributed by atoms with van der Waals surface area (Å²) < 4.78 is 16.2. The Balaban J connectivity index is 1.81. The number of esters is 1. The van der Waals surface area contributed by atoms with Crippen LogP contribution >= 0.6 is 0 Å². The second kappa shape index (κ2) is 7.28. The van der Waals surface area contributed by atoms with Crippen molar-refractivity contribution in [2.75, 3.05) is 34.4 Å². The minimum atomic E-state index is -0.526. The average Bonchev–Trinajstić information content (AvgIpc) is 2.98. The number of nitrogens with one attached hydrogen (secondary N) is 1. The van der Waals surface area contributed by atoms with Crippen molar-refractivity contribution in [1.29, 1.82) is 0 Å². The summed E-state index contributed by atoms with van der Waals surface area (Å²) in [6, 6.07) is 3.68. The molecule has 1 aromatic carbocycles. The number of benzene rings is 1. The van der Waals surface area contributed by atoms with Crippen LogP contribution in [0, 0.1) is 0 Å². The average molecular weight is 349 g/mol. The lowest BCUT2D eigenvalue weighted by molar-refractivity contribution is -0.134. The molecule has 1 amide bonds. The fourth-order valence-electron chi connectivity index (χ4n) is 3.40. The van der Waals surface area contributed by atoms with Crippen molar-refractivity contribution in [3.63, 3.8) is 0 Å². The first-order chi connectivity index (χ1) is 12.1. The van der Waals surface area contributed by atoms with E-state index in [9.17, 15) is 9.59 Å². The number of methoxy groups -OCH3 is 2. The summed E-state index contributed by atoms with van der Waals surface area (Å²) in [5, 5.41) is 6.88. The van der Waals surface area contributed by atoms with Crippen LogP contribution in [-0.4, -0.2) is 62.8 Å². The molecule has 0 aromatic heterocycles. The zero-order valence-corrected chi connectivity index (χ0v) is 14.7. The van der Waals surface area contributed by atoms with Gasteiger partial charge >= 0.3 is 5.97 Å². The minimum Gasteiger partial charge on any atom is -0.497 e. The van der Waals surface area contributed by atoms with Gasteiger partial charge in [0.05, 0.1) is 14.2 Å². The van der Waals surface area contributed by atoms with Crippen molar-refractivity contribution in [2.45, 2.75) is 25.1 Å². The molecule has 0 radical (unpaired) electrons. The second-order valence-corrected chi connectivity index (χ2v) is 6.14. The van der Waals surface area contributed by atoms with E-state index < -0.39 is 12.2 Å². The molecule has 1 N–H and O–H groups in total. The van der Waals surface area contributed by atoms with Gasteiger partial charge in [-0.15, -0.1) is 0 Å². The lowest BCUT2D eigenvalue weighted by Crippen LogP contribution is -2.50. The number of rotatable bonds is 6. The highest BCUT2D eigenvalue weighted by molar-refractivity contribution is 5.97. The Labute approximate surface area is 146 Å². The largest absolute Gasteiger partial charge is 0.497 e. The number of hydrogen-bond acceptors (Lipinski definition) is 7. The van der Waals surface area contributed by atoms with Gasteiger partial charge in [-0.2, -0.15) is 0 Å². The number of cyclic esters (lactones) is 1. The molecule has 8 nitrogen and oxygen atoms in total. The molecule has 2 heterocycles. The molecule has 1 fully saturated rings. The van der Waals surface area contributed by atoms with Crippen molar-refractivity contribution in [3.8, 4) is 11.5 Å². The lowest BCUT2D eigenvalue weighted by atomic mass is 10.1. The fraction of sp³-hybridized carbons (Fsp3) is 0.529. The molecule has 3 rings (SSSR count). The molecule has 1 atom stereocenters. The maximum Gasteiger partial charge on any atom is 0.344 e. The van der Waals surface area contributed by atoms with Crippen LogP contribution in [-0.2, 0) is 9.53 Å². The third-order valence-corrected chi connectivity index (χ3v) is 4.81. The van der Waals surface area contributed by atoms with Gasteiger partial charge < -0.3 is 19.5 Å². The summed E-state index contributed by atoms with van der Waals surface area (Å²) in [5.74, 6) is 0.661. The molecule has 0 aliphatic carbocycles. The number of ether oxygens (including phenoxy) is 3. The molecule has 2 aliphatic heterocycles. The number of fused-ring (bicyclic) bond motifs is 1. The quantitative estimate of drug-likeness (QED) is 0.604. The summed E-state index contributed by atoms with van der Waals surface area (Å²) in [4.78, 5) is 22.9. The highest BCUT2D eigenvalue weighted by Crippen LogP contribution is 2.41. The highest BCUT2D eigenvalue weighted by Gasteiger charge is 2.39. The van der Waals surface area contributed by atoms with Crippen molar-refractivity contribution in [3.05, 3.63) is 23.3 Å². The van der Waals surface area contributed by atoms with Crippen LogP contribution in [0.3, 0.4) is 0 Å². The van der Waals surface area contributed by atoms with E-state index in [1.165, 1.54) is 7.11 Å². The van der Waals surface area contributed by atoms with Gasteiger partial charge in [0.2, 0.25) is 6.41 Å². The van der Waals surface area contributed by atoms with E-state index in [1.54, 1.807) is 13.2 Å². The Hall–Kier alpha value is -2.32. The first-order valence-corrected chi connectivity index (χ1v) is 8.23. The van der Waals surface area contributed by atoms with Crippen LogP contribution in [0.15, 0.2) is 12.1 Å². The predicted octanol–water partition coefficient (Wildman–Crippen LogP) is 0.930. The molecule has 8 heteroatoms. The number of carbonyl (C=O) groups excluding carboxylic acids is 2. The molecule has 1 saturated heterocycles. The lowest BCUT2D eigenvalue weighted by Gasteiger charge is -2.39. The van der Waals surface area contributed by atoms with Crippen LogP contribution in [0.25, 0.3) is 0 Å². The molecule has 0 saturated carbocycles. The zero-order valence-electron chi connectivity index (χ0n) is 14.7. The van der Waals surface area contributed by atoms with Gasteiger partial charge in [0, 0.05) is 37.8 Å². The van der Waals surface area contributed by atoms with Crippen molar-refractivity contribution < 1.29 is 23.8 Å². The molecular formula is C17H23N3O5. The summed E-state index contributed by atoms with van der Waals surface area (Å²) in [6.07, 6.45) is 1.91. The monoisotopic (exact) mass is 349 g/mol. The molecular weight excluding hydrogens is 326 g/mol. The van der Waals surface area contributed by atoms with Crippen molar-refractivity contribution in [1.82, 2.24) is 15.3 Å². The summed E-state index contributed by atoms with van der Waals surface area (Å²) in [5.41, 5.74) is 1.18. The van der Waals surface area contributed by atoms with Crippen molar-refractivity contribution in [2.24, 2.45) is 0 Å². The number of piperidine rings is 1. The smallest absolute Gasteiger partial charge is 0.344 e. The standard InChI is InChI=1S/C17H23N3O5/c1-19(20-6-4-11(5-7-20)18-10-21)16-13-8-12(23-2)9-14(24-3)15(13)17(22)25-16/h8-11,16H,4-7H2,1-3H3,(H,18,21). The normalized spacial score (nSPS) is 21.0. The van der Waals surface area contributed by atoms with Crippen LogP contribution in [0.1, 0.15) is 35.0 Å².